The van der Waals surface area contributed by atoms with Crippen LogP contribution in [0.15, 0.2) is 48.5 Å². The number of hydrogen-bond acceptors (Lipinski definition) is 2. The zero-order valence-corrected chi connectivity index (χ0v) is 14.6. The van der Waals surface area contributed by atoms with Gasteiger partial charge in [-0.3, -0.25) is 4.79 Å². The van der Waals surface area contributed by atoms with E-state index in [1.54, 1.807) is 0 Å². The van der Waals surface area contributed by atoms with Crippen molar-refractivity contribution in [2.75, 3.05) is 0 Å². The van der Waals surface area contributed by atoms with E-state index in [0.29, 0.717) is 18.8 Å². The van der Waals surface area contributed by atoms with Gasteiger partial charge in [-0.2, -0.15) is 0 Å². The van der Waals surface area contributed by atoms with Crippen molar-refractivity contribution < 1.29 is 9.53 Å². The van der Waals surface area contributed by atoms with E-state index < -0.39 is 0 Å². The molecule has 23 heavy (non-hydrogen) atoms. The van der Waals surface area contributed by atoms with Crippen LogP contribution in [0.25, 0.3) is 0 Å². The molecule has 0 aliphatic heterocycles. The summed E-state index contributed by atoms with van der Waals surface area (Å²) in [6.07, 6.45) is 1.34. The summed E-state index contributed by atoms with van der Waals surface area (Å²) in [4.78, 5) is 12.0. The molecule has 122 valence electrons. The van der Waals surface area contributed by atoms with Crippen LogP contribution in [0.2, 0.25) is 0 Å². The fourth-order valence-electron chi connectivity index (χ4n) is 2.27. The predicted molar refractivity (Wildman–Crippen MR) is 94.7 cm³/mol. The minimum absolute atomic E-state index is 0.264. The number of ketones is 1. The Bertz CT molecular complexity index is 648. The fraction of sp³-hybridized carbons (Fsp3) is 0.381. The Balaban J connectivity index is 1.92. The van der Waals surface area contributed by atoms with E-state index in [1.807, 2.05) is 39.0 Å². The van der Waals surface area contributed by atoms with Crippen LogP contribution < -0.4 is 4.74 Å². The summed E-state index contributed by atoms with van der Waals surface area (Å²) in [5.74, 6) is 1.15. The molecule has 0 heterocycles. The fourth-order valence-corrected chi connectivity index (χ4v) is 2.27. The van der Waals surface area contributed by atoms with E-state index in [-0.39, 0.29) is 5.41 Å². The van der Waals surface area contributed by atoms with Gasteiger partial charge in [0.15, 0.2) is 0 Å². The lowest BCUT2D eigenvalue weighted by atomic mass is 9.87. The number of Topliss-reactive ketones (excluding diaryl/α,β-unsaturated/α-hetero) is 1. The number of hydrogen-bond donors (Lipinski definition) is 0. The molecular weight excluding hydrogens is 284 g/mol. The van der Waals surface area contributed by atoms with Crippen molar-refractivity contribution in [2.24, 2.45) is 5.41 Å². The topological polar surface area (TPSA) is 26.3 Å². The van der Waals surface area contributed by atoms with E-state index in [9.17, 15) is 4.79 Å². The van der Waals surface area contributed by atoms with Gasteiger partial charge in [-0.25, -0.2) is 0 Å². The van der Waals surface area contributed by atoms with Crippen molar-refractivity contribution in [3.63, 3.8) is 0 Å². The largest absolute Gasteiger partial charge is 0.489 e. The minimum Gasteiger partial charge on any atom is -0.489 e. The van der Waals surface area contributed by atoms with E-state index in [4.69, 9.17) is 4.74 Å². The van der Waals surface area contributed by atoms with E-state index in [1.165, 1.54) is 5.56 Å². The molecule has 0 unspecified atom stereocenters. The molecule has 2 aromatic rings. The van der Waals surface area contributed by atoms with Gasteiger partial charge in [0.25, 0.3) is 0 Å². The highest BCUT2D eigenvalue weighted by Gasteiger charge is 2.20. The van der Waals surface area contributed by atoms with E-state index in [0.717, 1.165) is 23.3 Å². The predicted octanol–water partition coefficient (Wildman–Crippen LogP) is 5.12. The minimum atomic E-state index is -0.264. The average Bonchev–Trinajstić information content (AvgIpc) is 2.51. The third-order valence-electron chi connectivity index (χ3n) is 3.90. The third kappa shape index (κ3) is 5.55. The highest BCUT2D eigenvalue weighted by molar-refractivity contribution is 5.83. The Hall–Kier alpha value is -2.09. The van der Waals surface area contributed by atoms with Crippen molar-refractivity contribution in [2.45, 2.75) is 47.1 Å². The van der Waals surface area contributed by atoms with Crippen molar-refractivity contribution in [3.05, 3.63) is 65.2 Å². The van der Waals surface area contributed by atoms with Crippen molar-refractivity contribution >= 4 is 5.78 Å². The second kappa shape index (κ2) is 7.45. The van der Waals surface area contributed by atoms with Crippen LogP contribution in [0.1, 0.15) is 43.9 Å². The zero-order valence-electron chi connectivity index (χ0n) is 14.6. The van der Waals surface area contributed by atoms with Crippen molar-refractivity contribution in [1.29, 1.82) is 0 Å². The van der Waals surface area contributed by atoms with Gasteiger partial charge in [-0.15, -0.1) is 0 Å². The molecule has 2 aromatic carbocycles. The van der Waals surface area contributed by atoms with Gasteiger partial charge in [0, 0.05) is 11.8 Å². The van der Waals surface area contributed by atoms with E-state index >= 15 is 0 Å². The van der Waals surface area contributed by atoms with Crippen molar-refractivity contribution in [3.8, 4) is 5.75 Å². The van der Waals surface area contributed by atoms with Gasteiger partial charge >= 0.3 is 0 Å². The Kier molecular flexibility index (Phi) is 5.59. The maximum absolute atomic E-state index is 12.0. The lowest BCUT2D eigenvalue weighted by Gasteiger charge is -2.16. The molecule has 0 N–H and O–H groups in total. The van der Waals surface area contributed by atoms with Crippen LogP contribution in [0, 0.1) is 12.3 Å². The first kappa shape index (κ1) is 17.3. The second-order valence-electron chi connectivity index (χ2n) is 7.09. The number of benzene rings is 2. The lowest BCUT2D eigenvalue weighted by Crippen LogP contribution is -2.20. The summed E-state index contributed by atoms with van der Waals surface area (Å²) >= 11 is 0. The number of ether oxygens (including phenoxy) is 1. The van der Waals surface area contributed by atoms with Gasteiger partial charge in [-0.1, -0.05) is 62.7 Å². The molecule has 0 saturated heterocycles. The molecule has 0 radical (unpaired) electrons. The van der Waals surface area contributed by atoms with Gasteiger partial charge in [0.05, 0.1) is 0 Å². The molecule has 0 aliphatic rings. The van der Waals surface area contributed by atoms with Crippen molar-refractivity contribution in [1.82, 2.24) is 0 Å². The molecule has 0 amide bonds. The first-order chi connectivity index (χ1) is 10.8. The zero-order chi connectivity index (χ0) is 16.9. The number of aryl methyl sites for hydroxylation is 2. The van der Waals surface area contributed by atoms with Crippen LogP contribution in [0.4, 0.5) is 0 Å². The molecule has 0 fully saturated rings. The Labute approximate surface area is 139 Å². The molecule has 0 bridgehead atoms. The molecule has 0 saturated carbocycles. The number of rotatable bonds is 6. The summed E-state index contributed by atoms with van der Waals surface area (Å²) in [6.45, 7) is 8.54. The molecule has 0 spiro atoms. The summed E-state index contributed by atoms with van der Waals surface area (Å²) in [6, 6.07) is 16.4. The molecule has 2 heteroatoms. The van der Waals surface area contributed by atoms with Gasteiger partial charge in [0.2, 0.25) is 0 Å². The van der Waals surface area contributed by atoms with Crippen LogP contribution in [-0.4, -0.2) is 5.78 Å². The maximum atomic E-state index is 12.0. The van der Waals surface area contributed by atoms with Crippen LogP contribution in [-0.2, 0) is 17.8 Å². The third-order valence-corrected chi connectivity index (χ3v) is 3.90. The summed E-state index contributed by atoms with van der Waals surface area (Å²) in [5.41, 5.74) is 3.28. The Morgan fingerprint density at radius 2 is 1.70 bits per heavy atom. The summed E-state index contributed by atoms with van der Waals surface area (Å²) in [5, 5.41) is 0. The van der Waals surface area contributed by atoms with Crippen LogP contribution >= 0.6 is 0 Å². The number of carbonyl (C=O) groups is 1. The standard InChI is InChI=1S/C21H26O2/c1-16-8-10-18(11-9-16)15-23-19-7-5-6-17(14-19)12-13-20(22)21(2,3)4/h5-11,14H,12-13,15H2,1-4H3. The molecule has 0 atom stereocenters. The monoisotopic (exact) mass is 310 g/mol. The Morgan fingerprint density at radius 1 is 1.00 bits per heavy atom. The molecule has 0 aromatic heterocycles. The van der Waals surface area contributed by atoms with Gasteiger partial charge in [-0.05, 0) is 36.6 Å². The normalized spacial score (nSPS) is 11.3. The smallest absolute Gasteiger partial charge is 0.138 e. The van der Waals surface area contributed by atoms with E-state index in [2.05, 4.69) is 37.3 Å². The van der Waals surface area contributed by atoms with Crippen LogP contribution in [0.5, 0.6) is 5.75 Å². The summed E-state index contributed by atoms with van der Waals surface area (Å²) in [7, 11) is 0. The molecule has 2 nitrogen and oxygen atoms in total. The molecule has 0 aliphatic carbocycles. The van der Waals surface area contributed by atoms with Gasteiger partial charge < -0.3 is 4.74 Å². The average molecular weight is 310 g/mol. The summed E-state index contributed by atoms with van der Waals surface area (Å²) < 4.78 is 5.86. The SMILES string of the molecule is Cc1ccc(COc2cccc(CCC(=O)C(C)(C)C)c2)cc1. The first-order valence-electron chi connectivity index (χ1n) is 8.15. The lowest BCUT2D eigenvalue weighted by molar-refractivity contribution is -0.126. The van der Waals surface area contributed by atoms with Crippen LogP contribution in [0.3, 0.4) is 0 Å². The molecule has 2 rings (SSSR count). The highest BCUT2D eigenvalue weighted by atomic mass is 16.5. The first-order valence-corrected chi connectivity index (χ1v) is 8.15. The Morgan fingerprint density at radius 3 is 2.35 bits per heavy atom. The molecular formula is C21H26O2. The van der Waals surface area contributed by atoms with Gasteiger partial charge in [0.1, 0.15) is 18.1 Å². The quantitative estimate of drug-likeness (QED) is 0.740. The highest BCUT2D eigenvalue weighted by Crippen LogP contribution is 2.20. The number of carbonyl (C=O) groups excluding carboxylic acids is 1. The maximum Gasteiger partial charge on any atom is 0.138 e. The second-order valence-corrected chi connectivity index (χ2v) is 7.09.